The third-order valence-corrected chi connectivity index (χ3v) is 3.95. The summed E-state index contributed by atoms with van der Waals surface area (Å²) >= 11 is 0. The van der Waals surface area contributed by atoms with Crippen molar-refractivity contribution < 1.29 is 15.0 Å². The Morgan fingerprint density at radius 1 is 1.25 bits per heavy atom. The van der Waals surface area contributed by atoms with E-state index < -0.39 is 17.6 Å². The van der Waals surface area contributed by atoms with Gasteiger partial charge in [0.25, 0.3) is 0 Å². The number of amides is 1. The standard InChI is InChI=1S/C11H20N2O3/c12-7-11(3-1-2-4-11)10(16)13-5-8(14)9(15)6-13/h8-9,14-15H,1-7,12H2/t8-,9+. The van der Waals surface area contributed by atoms with E-state index in [1.165, 1.54) is 0 Å². The smallest absolute Gasteiger partial charge is 0.230 e. The fraction of sp³-hybridized carbons (Fsp3) is 0.909. The van der Waals surface area contributed by atoms with Crippen molar-refractivity contribution in [3.8, 4) is 0 Å². The van der Waals surface area contributed by atoms with Crippen molar-refractivity contribution in [1.29, 1.82) is 0 Å². The van der Waals surface area contributed by atoms with E-state index in [9.17, 15) is 15.0 Å². The van der Waals surface area contributed by atoms with Gasteiger partial charge in [-0.3, -0.25) is 4.79 Å². The number of carbonyl (C=O) groups excluding carboxylic acids is 1. The van der Waals surface area contributed by atoms with E-state index in [2.05, 4.69) is 0 Å². The highest BCUT2D eigenvalue weighted by Crippen LogP contribution is 2.39. The second-order valence-electron chi connectivity index (χ2n) is 5.04. The average molecular weight is 228 g/mol. The van der Waals surface area contributed by atoms with Crippen LogP contribution in [0, 0.1) is 5.41 Å². The van der Waals surface area contributed by atoms with Gasteiger partial charge in [-0.15, -0.1) is 0 Å². The van der Waals surface area contributed by atoms with Crippen molar-refractivity contribution in [3.05, 3.63) is 0 Å². The van der Waals surface area contributed by atoms with Crippen molar-refractivity contribution in [2.45, 2.75) is 37.9 Å². The number of hydrogen-bond donors (Lipinski definition) is 3. The molecule has 1 amide bonds. The highest BCUT2D eigenvalue weighted by Gasteiger charge is 2.45. The summed E-state index contributed by atoms with van der Waals surface area (Å²) in [5.41, 5.74) is 5.31. The number of carbonyl (C=O) groups is 1. The molecule has 1 aliphatic carbocycles. The topological polar surface area (TPSA) is 86.8 Å². The van der Waals surface area contributed by atoms with Crippen LogP contribution in [0.15, 0.2) is 0 Å². The van der Waals surface area contributed by atoms with E-state index >= 15 is 0 Å². The predicted molar refractivity (Wildman–Crippen MR) is 58.5 cm³/mol. The molecule has 2 rings (SSSR count). The number of hydrogen-bond acceptors (Lipinski definition) is 4. The number of likely N-dealkylation sites (tertiary alicyclic amines) is 1. The molecule has 16 heavy (non-hydrogen) atoms. The molecule has 5 heteroatoms. The summed E-state index contributed by atoms with van der Waals surface area (Å²) in [7, 11) is 0. The van der Waals surface area contributed by atoms with Crippen LogP contribution < -0.4 is 5.73 Å². The molecule has 1 saturated carbocycles. The van der Waals surface area contributed by atoms with Gasteiger partial charge in [0, 0.05) is 19.6 Å². The predicted octanol–water partition coefficient (Wildman–Crippen LogP) is -0.930. The fourth-order valence-electron chi connectivity index (χ4n) is 2.83. The summed E-state index contributed by atoms with van der Waals surface area (Å²) in [6, 6.07) is 0. The van der Waals surface area contributed by atoms with Gasteiger partial charge in [-0.25, -0.2) is 0 Å². The van der Waals surface area contributed by atoms with Gasteiger partial charge in [0.15, 0.2) is 0 Å². The van der Waals surface area contributed by atoms with Crippen molar-refractivity contribution in [1.82, 2.24) is 4.90 Å². The second-order valence-corrected chi connectivity index (χ2v) is 5.04. The van der Waals surface area contributed by atoms with Crippen LogP contribution in [0.1, 0.15) is 25.7 Å². The number of nitrogens with zero attached hydrogens (tertiary/aromatic N) is 1. The molecule has 0 radical (unpaired) electrons. The molecule has 0 aromatic heterocycles. The molecule has 5 nitrogen and oxygen atoms in total. The summed E-state index contributed by atoms with van der Waals surface area (Å²) in [6.45, 7) is 0.845. The summed E-state index contributed by atoms with van der Waals surface area (Å²) in [6.07, 6.45) is 2.15. The van der Waals surface area contributed by atoms with Crippen LogP contribution in [0.2, 0.25) is 0 Å². The van der Waals surface area contributed by atoms with Gasteiger partial charge in [0.1, 0.15) is 0 Å². The Balaban J connectivity index is 2.07. The zero-order valence-electron chi connectivity index (χ0n) is 9.43. The number of aliphatic hydroxyl groups excluding tert-OH is 2. The largest absolute Gasteiger partial charge is 0.388 e. The molecule has 4 N–H and O–H groups in total. The molecule has 1 aliphatic heterocycles. The average Bonchev–Trinajstić information content (AvgIpc) is 2.87. The molecule has 1 saturated heterocycles. The van der Waals surface area contributed by atoms with Crippen LogP contribution in [0.3, 0.4) is 0 Å². The first-order valence-corrected chi connectivity index (χ1v) is 5.95. The zero-order chi connectivity index (χ0) is 11.8. The van der Waals surface area contributed by atoms with Gasteiger partial charge in [0.05, 0.1) is 17.6 Å². The Kier molecular flexibility index (Phi) is 3.19. The molecule has 1 heterocycles. The van der Waals surface area contributed by atoms with E-state index in [4.69, 9.17) is 5.73 Å². The lowest BCUT2D eigenvalue weighted by Gasteiger charge is -2.30. The third kappa shape index (κ3) is 1.83. The van der Waals surface area contributed by atoms with E-state index in [-0.39, 0.29) is 19.0 Å². The Labute approximate surface area is 95.2 Å². The van der Waals surface area contributed by atoms with Crippen LogP contribution in [0.4, 0.5) is 0 Å². The second kappa shape index (κ2) is 4.31. The molecular weight excluding hydrogens is 208 g/mol. The Bertz CT molecular complexity index is 266. The van der Waals surface area contributed by atoms with Crippen molar-refractivity contribution in [3.63, 3.8) is 0 Å². The SMILES string of the molecule is NCC1(C(=O)N2C[C@@H](O)[C@@H](O)C2)CCCC1. The summed E-state index contributed by atoms with van der Waals surface area (Å²) in [5, 5.41) is 18.9. The molecule has 2 fully saturated rings. The quantitative estimate of drug-likeness (QED) is 0.570. The molecule has 0 spiro atoms. The van der Waals surface area contributed by atoms with Gasteiger partial charge in [-0.2, -0.15) is 0 Å². The summed E-state index contributed by atoms with van der Waals surface area (Å²) in [5.74, 6) is 0.0168. The lowest BCUT2D eigenvalue weighted by Crippen LogP contribution is -2.46. The maximum atomic E-state index is 12.3. The highest BCUT2D eigenvalue weighted by atomic mass is 16.3. The minimum Gasteiger partial charge on any atom is -0.388 e. The number of nitrogens with two attached hydrogens (primary N) is 1. The van der Waals surface area contributed by atoms with E-state index in [0.29, 0.717) is 6.54 Å². The van der Waals surface area contributed by atoms with Crippen molar-refractivity contribution in [2.24, 2.45) is 11.1 Å². The molecule has 0 aromatic carbocycles. The van der Waals surface area contributed by atoms with Gasteiger partial charge in [-0.05, 0) is 12.8 Å². The number of aliphatic hydroxyl groups is 2. The van der Waals surface area contributed by atoms with Gasteiger partial charge in [-0.1, -0.05) is 12.8 Å². The molecule has 92 valence electrons. The number of β-amino-alcohol motifs (C(OH)–C–C–N with tert-alkyl or cyclic N) is 2. The number of rotatable bonds is 2. The normalized spacial score (nSPS) is 33.3. The van der Waals surface area contributed by atoms with E-state index in [1.807, 2.05) is 0 Å². The Hall–Kier alpha value is -0.650. The van der Waals surface area contributed by atoms with Crippen LogP contribution in [0.25, 0.3) is 0 Å². The first kappa shape index (κ1) is 11.8. The van der Waals surface area contributed by atoms with E-state index in [1.54, 1.807) is 4.90 Å². The lowest BCUT2D eigenvalue weighted by molar-refractivity contribution is -0.140. The van der Waals surface area contributed by atoms with Crippen molar-refractivity contribution >= 4 is 5.91 Å². The monoisotopic (exact) mass is 228 g/mol. The molecule has 2 atom stereocenters. The zero-order valence-corrected chi connectivity index (χ0v) is 9.43. The van der Waals surface area contributed by atoms with Gasteiger partial charge < -0.3 is 20.8 Å². The highest BCUT2D eigenvalue weighted by molar-refractivity contribution is 5.83. The molecule has 0 aromatic rings. The van der Waals surface area contributed by atoms with Gasteiger partial charge >= 0.3 is 0 Å². The Morgan fingerprint density at radius 2 is 1.75 bits per heavy atom. The van der Waals surface area contributed by atoms with E-state index in [0.717, 1.165) is 25.7 Å². The molecule has 0 unspecified atom stereocenters. The van der Waals surface area contributed by atoms with Crippen molar-refractivity contribution in [2.75, 3.05) is 19.6 Å². The summed E-state index contributed by atoms with van der Waals surface area (Å²) in [4.78, 5) is 13.9. The Morgan fingerprint density at radius 3 is 2.19 bits per heavy atom. The van der Waals surface area contributed by atoms with Gasteiger partial charge in [0.2, 0.25) is 5.91 Å². The fourth-order valence-corrected chi connectivity index (χ4v) is 2.83. The first-order chi connectivity index (χ1) is 7.59. The summed E-state index contributed by atoms with van der Waals surface area (Å²) < 4.78 is 0. The van der Waals surface area contributed by atoms with Crippen LogP contribution in [-0.4, -0.2) is 52.9 Å². The minimum atomic E-state index is -0.805. The molecule has 2 aliphatic rings. The van der Waals surface area contributed by atoms with Crippen LogP contribution in [-0.2, 0) is 4.79 Å². The third-order valence-electron chi connectivity index (χ3n) is 3.95. The maximum Gasteiger partial charge on any atom is 0.230 e. The van der Waals surface area contributed by atoms with Crippen LogP contribution in [0.5, 0.6) is 0 Å². The molecular formula is C11H20N2O3. The van der Waals surface area contributed by atoms with Crippen LogP contribution >= 0.6 is 0 Å². The first-order valence-electron chi connectivity index (χ1n) is 5.95. The maximum absolute atomic E-state index is 12.3. The lowest BCUT2D eigenvalue weighted by atomic mass is 9.85. The molecule has 0 bridgehead atoms. The minimum absolute atomic E-state index is 0.0168.